The number of rotatable bonds is 8. The molecule has 0 atom stereocenters. The molecule has 1 aromatic rings. The molecule has 1 aromatic carbocycles. The van der Waals surface area contributed by atoms with Crippen LogP contribution in [0, 0.1) is 0 Å². The summed E-state index contributed by atoms with van der Waals surface area (Å²) in [6.07, 6.45) is 1.92. The largest absolute Gasteiger partial charge is 0.490 e. The molecule has 0 aromatic heterocycles. The van der Waals surface area contributed by atoms with Crippen LogP contribution >= 0.6 is 0 Å². The number of nitrogens with one attached hydrogen (secondary N) is 3. The first-order chi connectivity index (χ1) is 12.4. The van der Waals surface area contributed by atoms with Crippen molar-refractivity contribution in [1.29, 1.82) is 0 Å². The molecule has 0 aliphatic carbocycles. The highest BCUT2D eigenvalue weighted by atomic mass is 16.5. The van der Waals surface area contributed by atoms with Crippen molar-refractivity contribution in [2.24, 2.45) is 0 Å². The van der Waals surface area contributed by atoms with E-state index in [0.717, 1.165) is 12.8 Å². The van der Waals surface area contributed by atoms with E-state index in [4.69, 9.17) is 9.47 Å². The summed E-state index contributed by atoms with van der Waals surface area (Å²) in [7, 11) is 0. The van der Waals surface area contributed by atoms with E-state index >= 15 is 0 Å². The number of hydrogen-bond donors (Lipinski definition) is 3. The zero-order valence-electron chi connectivity index (χ0n) is 15.7. The van der Waals surface area contributed by atoms with Gasteiger partial charge in [-0.15, -0.1) is 0 Å². The van der Waals surface area contributed by atoms with Crippen LogP contribution in [0.2, 0.25) is 0 Å². The molecule has 0 spiro atoms. The van der Waals surface area contributed by atoms with Gasteiger partial charge in [0.25, 0.3) is 5.91 Å². The molecule has 26 heavy (non-hydrogen) atoms. The van der Waals surface area contributed by atoms with Gasteiger partial charge in [-0.2, -0.15) is 0 Å². The van der Waals surface area contributed by atoms with Crippen LogP contribution in [-0.4, -0.2) is 37.0 Å². The average molecular weight is 365 g/mol. The van der Waals surface area contributed by atoms with E-state index in [1.807, 2.05) is 6.92 Å². The lowest BCUT2D eigenvalue weighted by Crippen LogP contribution is -2.49. The van der Waals surface area contributed by atoms with E-state index in [1.54, 1.807) is 26.0 Å². The third kappa shape index (κ3) is 7.00. The molecular weight excluding hydrogens is 338 g/mol. The van der Waals surface area contributed by atoms with E-state index in [1.165, 1.54) is 6.07 Å². The molecule has 8 nitrogen and oxygen atoms in total. The van der Waals surface area contributed by atoms with Gasteiger partial charge in [0.1, 0.15) is 0 Å². The minimum Gasteiger partial charge on any atom is -0.490 e. The first-order valence-electron chi connectivity index (χ1n) is 8.69. The smallest absolute Gasteiger partial charge is 0.327 e. The Hall–Kier alpha value is -2.77. The summed E-state index contributed by atoms with van der Waals surface area (Å²) in [5, 5.41) is 2.42. The molecule has 0 fully saturated rings. The molecule has 0 saturated carbocycles. The van der Waals surface area contributed by atoms with Gasteiger partial charge in [0.05, 0.1) is 13.2 Å². The van der Waals surface area contributed by atoms with Crippen LogP contribution in [0.25, 0.3) is 0 Å². The van der Waals surface area contributed by atoms with Crippen molar-refractivity contribution in [1.82, 2.24) is 16.2 Å². The topological polar surface area (TPSA) is 106 Å². The molecule has 0 unspecified atom stereocenters. The summed E-state index contributed by atoms with van der Waals surface area (Å²) < 4.78 is 11.2. The second kappa shape index (κ2) is 11.0. The summed E-state index contributed by atoms with van der Waals surface area (Å²) in [5.74, 6) is -1.35. The van der Waals surface area contributed by atoms with Gasteiger partial charge in [-0.1, -0.05) is 13.3 Å². The van der Waals surface area contributed by atoms with Gasteiger partial charge >= 0.3 is 11.8 Å². The minimum absolute atomic E-state index is 0.182. The van der Waals surface area contributed by atoms with E-state index in [-0.39, 0.29) is 11.6 Å². The fraction of sp³-hybridized carbons (Fsp3) is 0.500. The second-order valence-electron chi connectivity index (χ2n) is 5.83. The monoisotopic (exact) mass is 365 g/mol. The van der Waals surface area contributed by atoms with Crippen molar-refractivity contribution in [2.45, 2.75) is 46.6 Å². The third-order valence-corrected chi connectivity index (χ3v) is 3.18. The number of amides is 3. The van der Waals surface area contributed by atoms with Gasteiger partial charge in [-0.25, -0.2) is 0 Å². The lowest BCUT2D eigenvalue weighted by atomic mass is 10.2. The third-order valence-electron chi connectivity index (χ3n) is 3.18. The van der Waals surface area contributed by atoms with Crippen molar-refractivity contribution < 1.29 is 23.9 Å². The summed E-state index contributed by atoms with van der Waals surface area (Å²) in [6.45, 7) is 8.32. The highest BCUT2D eigenvalue weighted by Crippen LogP contribution is 2.28. The highest BCUT2D eigenvalue weighted by molar-refractivity contribution is 6.35. The van der Waals surface area contributed by atoms with Crippen molar-refractivity contribution in [2.75, 3.05) is 13.2 Å². The van der Waals surface area contributed by atoms with Crippen molar-refractivity contribution in [3.63, 3.8) is 0 Å². The Morgan fingerprint density at radius 3 is 2.35 bits per heavy atom. The quantitative estimate of drug-likeness (QED) is 0.368. The van der Waals surface area contributed by atoms with Gasteiger partial charge in [-0.3, -0.25) is 25.2 Å². The molecular formula is C18H27N3O5. The maximum atomic E-state index is 12.2. The van der Waals surface area contributed by atoms with Crippen LogP contribution < -0.4 is 25.6 Å². The summed E-state index contributed by atoms with van der Waals surface area (Å²) in [5.41, 5.74) is 4.53. The standard InChI is InChI=1S/C18H27N3O5/c1-5-7-10-26-14-9-8-13(11-15(14)25-6-2)16(22)20-21-18(24)17(23)19-12(3)4/h8-9,11-12H,5-7,10H2,1-4H3,(H,19,23)(H,20,22)(H,21,24). The number of carbonyl (C=O) groups is 3. The number of benzene rings is 1. The van der Waals surface area contributed by atoms with Crippen molar-refractivity contribution in [3.05, 3.63) is 23.8 Å². The Kier molecular flexibility index (Phi) is 8.97. The van der Waals surface area contributed by atoms with E-state index in [9.17, 15) is 14.4 Å². The Labute approximate surface area is 153 Å². The lowest BCUT2D eigenvalue weighted by Gasteiger charge is -2.13. The maximum absolute atomic E-state index is 12.2. The minimum atomic E-state index is -0.948. The first-order valence-corrected chi connectivity index (χ1v) is 8.69. The van der Waals surface area contributed by atoms with Gasteiger partial charge in [0, 0.05) is 11.6 Å². The molecule has 0 heterocycles. The number of hydrazine groups is 1. The van der Waals surface area contributed by atoms with E-state index in [0.29, 0.717) is 24.7 Å². The van der Waals surface area contributed by atoms with Crippen LogP contribution in [0.15, 0.2) is 18.2 Å². The van der Waals surface area contributed by atoms with Crippen LogP contribution in [0.4, 0.5) is 0 Å². The molecule has 3 amide bonds. The maximum Gasteiger partial charge on any atom is 0.327 e. The molecule has 0 aliphatic rings. The number of ether oxygens (including phenoxy) is 2. The first kappa shape index (κ1) is 21.3. The molecule has 0 saturated heterocycles. The fourth-order valence-corrected chi connectivity index (χ4v) is 1.93. The number of hydrogen-bond acceptors (Lipinski definition) is 5. The van der Waals surface area contributed by atoms with Crippen LogP contribution in [0.5, 0.6) is 11.5 Å². The molecule has 8 heteroatoms. The van der Waals surface area contributed by atoms with E-state index in [2.05, 4.69) is 23.1 Å². The molecule has 3 N–H and O–H groups in total. The summed E-state index contributed by atoms with van der Waals surface area (Å²) >= 11 is 0. The predicted octanol–water partition coefficient (Wildman–Crippen LogP) is 1.55. The molecule has 0 aliphatic heterocycles. The van der Waals surface area contributed by atoms with Crippen LogP contribution in [0.3, 0.4) is 0 Å². The van der Waals surface area contributed by atoms with Gasteiger partial charge < -0.3 is 14.8 Å². The molecule has 0 radical (unpaired) electrons. The van der Waals surface area contributed by atoms with E-state index < -0.39 is 17.7 Å². The normalized spacial score (nSPS) is 10.2. The average Bonchev–Trinajstić information content (AvgIpc) is 2.60. The second-order valence-corrected chi connectivity index (χ2v) is 5.83. The summed E-state index contributed by atoms with van der Waals surface area (Å²) in [6, 6.07) is 4.54. The SMILES string of the molecule is CCCCOc1ccc(C(=O)NNC(=O)C(=O)NC(C)C)cc1OCC. The Morgan fingerprint density at radius 1 is 1.00 bits per heavy atom. The predicted molar refractivity (Wildman–Crippen MR) is 96.9 cm³/mol. The van der Waals surface area contributed by atoms with Crippen molar-refractivity contribution in [3.8, 4) is 11.5 Å². The number of unbranched alkanes of at least 4 members (excludes halogenated alkanes) is 1. The van der Waals surface area contributed by atoms with Gasteiger partial charge in [0.2, 0.25) is 0 Å². The zero-order chi connectivity index (χ0) is 19.5. The highest BCUT2D eigenvalue weighted by Gasteiger charge is 2.16. The van der Waals surface area contributed by atoms with Crippen LogP contribution in [0.1, 0.15) is 50.9 Å². The number of carbonyl (C=O) groups excluding carboxylic acids is 3. The Morgan fingerprint density at radius 2 is 1.73 bits per heavy atom. The van der Waals surface area contributed by atoms with Crippen LogP contribution in [-0.2, 0) is 9.59 Å². The zero-order valence-corrected chi connectivity index (χ0v) is 15.7. The van der Waals surface area contributed by atoms with Gasteiger partial charge in [-0.05, 0) is 45.4 Å². The van der Waals surface area contributed by atoms with Gasteiger partial charge in [0.15, 0.2) is 11.5 Å². The molecule has 144 valence electrons. The lowest BCUT2D eigenvalue weighted by molar-refractivity contribution is -0.139. The Bertz CT molecular complexity index is 631. The summed E-state index contributed by atoms with van der Waals surface area (Å²) in [4.78, 5) is 35.3. The fourth-order valence-electron chi connectivity index (χ4n) is 1.93. The Balaban J connectivity index is 2.72. The van der Waals surface area contributed by atoms with Crippen molar-refractivity contribution >= 4 is 17.7 Å². The molecule has 0 bridgehead atoms. The molecule has 1 rings (SSSR count).